The average molecular weight is 438 g/mol. The standard InChI is InChI=1S/C16H22F4N4O4Si/c1-4-26-29(27-5-2,28-6-3)9-7-8-22-16(25)10-11(17)13(19)15(23-24-21)14(20)12(10)18/h4-9H2,1-3H3,(H,22,25). The number of rotatable bonds is 12. The molecule has 1 aromatic rings. The van der Waals surface area contributed by atoms with E-state index in [0.717, 1.165) is 0 Å². The lowest BCUT2D eigenvalue weighted by Crippen LogP contribution is -2.46. The van der Waals surface area contributed by atoms with Crippen molar-refractivity contribution in [3.05, 3.63) is 39.3 Å². The molecule has 0 unspecified atom stereocenters. The smallest absolute Gasteiger partial charge is 0.374 e. The number of hydrogen-bond donors (Lipinski definition) is 1. The second kappa shape index (κ2) is 11.7. The monoisotopic (exact) mass is 438 g/mol. The van der Waals surface area contributed by atoms with E-state index in [1.54, 1.807) is 20.8 Å². The number of nitrogens with one attached hydrogen (secondary N) is 1. The molecule has 8 nitrogen and oxygen atoms in total. The number of nitrogens with zero attached hydrogens (tertiary/aromatic N) is 3. The number of azide groups is 1. The topological polar surface area (TPSA) is 106 Å². The Kier molecular flexibility index (Phi) is 10.1. The lowest BCUT2D eigenvalue weighted by atomic mass is 10.1. The third-order valence-electron chi connectivity index (χ3n) is 3.65. The van der Waals surface area contributed by atoms with Crippen LogP contribution in [-0.2, 0) is 13.3 Å². The summed E-state index contributed by atoms with van der Waals surface area (Å²) in [5, 5.41) is 4.75. The summed E-state index contributed by atoms with van der Waals surface area (Å²) in [5.74, 6) is -9.18. The van der Waals surface area contributed by atoms with Crippen molar-refractivity contribution in [2.45, 2.75) is 33.2 Å². The number of hydrogen-bond acceptors (Lipinski definition) is 5. The minimum Gasteiger partial charge on any atom is -0.374 e. The molecule has 1 rings (SSSR count). The van der Waals surface area contributed by atoms with E-state index >= 15 is 0 Å². The van der Waals surface area contributed by atoms with Crippen LogP contribution in [0.15, 0.2) is 5.11 Å². The van der Waals surface area contributed by atoms with Crippen molar-refractivity contribution < 1.29 is 35.6 Å². The molecule has 0 bridgehead atoms. The van der Waals surface area contributed by atoms with Gasteiger partial charge in [-0.3, -0.25) is 4.79 Å². The Labute approximate surface area is 166 Å². The summed E-state index contributed by atoms with van der Waals surface area (Å²) in [6, 6.07) is 0.312. The van der Waals surface area contributed by atoms with Gasteiger partial charge in [-0.1, -0.05) is 5.11 Å². The number of carbonyl (C=O) groups is 1. The van der Waals surface area contributed by atoms with Crippen LogP contribution in [0.1, 0.15) is 37.6 Å². The largest absolute Gasteiger partial charge is 0.500 e. The molecule has 0 saturated carbocycles. The molecule has 0 aliphatic rings. The second-order valence-electron chi connectivity index (χ2n) is 5.51. The molecule has 0 aromatic heterocycles. The molecule has 1 aromatic carbocycles. The fourth-order valence-corrected chi connectivity index (χ4v) is 5.16. The molecular weight excluding hydrogens is 416 g/mol. The number of halogens is 4. The molecule has 1 amide bonds. The van der Waals surface area contributed by atoms with Crippen LogP contribution in [0.4, 0.5) is 23.2 Å². The number of amides is 1. The summed E-state index contributed by atoms with van der Waals surface area (Å²) in [7, 11) is -2.97. The van der Waals surface area contributed by atoms with Gasteiger partial charge < -0.3 is 18.6 Å². The van der Waals surface area contributed by atoms with Gasteiger partial charge in [0, 0.05) is 37.3 Å². The Bertz CT molecular complexity index is 732. The highest BCUT2D eigenvalue weighted by Crippen LogP contribution is 2.30. The molecular formula is C16H22F4N4O4Si. The Morgan fingerprint density at radius 1 is 1.00 bits per heavy atom. The first-order chi connectivity index (χ1) is 13.8. The highest BCUT2D eigenvalue weighted by atomic mass is 28.4. The molecule has 0 aliphatic carbocycles. The first-order valence-electron chi connectivity index (χ1n) is 8.89. The molecule has 0 heterocycles. The molecule has 1 N–H and O–H groups in total. The van der Waals surface area contributed by atoms with Gasteiger partial charge in [-0.05, 0) is 32.7 Å². The van der Waals surface area contributed by atoms with E-state index in [4.69, 9.17) is 18.8 Å². The van der Waals surface area contributed by atoms with Gasteiger partial charge in [-0.25, -0.2) is 17.6 Å². The third kappa shape index (κ3) is 6.15. The van der Waals surface area contributed by atoms with Gasteiger partial charge in [0.25, 0.3) is 5.91 Å². The van der Waals surface area contributed by atoms with Crippen molar-refractivity contribution in [3.63, 3.8) is 0 Å². The highest BCUT2D eigenvalue weighted by Gasteiger charge is 2.39. The fraction of sp³-hybridized carbons (Fsp3) is 0.562. The van der Waals surface area contributed by atoms with Gasteiger partial charge in [-0.15, -0.1) is 0 Å². The quantitative estimate of drug-likeness (QED) is 0.0996. The Balaban J connectivity index is 2.89. The maximum atomic E-state index is 14.0. The van der Waals surface area contributed by atoms with Crippen molar-refractivity contribution >= 4 is 20.4 Å². The van der Waals surface area contributed by atoms with Gasteiger partial charge in [0.15, 0.2) is 23.3 Å². The van der Waals surface area contributed by atoms with Crippen molar-refractivity contribution in [1.29, 1.82) is 0 Å². The predicted octanol–water partition coefficient (Wildman–Crippen LogP) is 4.35. The van der Waals surface area contributed by atoms with E-state index in [-0.39, 0.29) is 13.0 Å². The molecule has 0 spiro atoms. The Morgan fingerprint density at radius 3 is 1.90 bits per heavy atom. The van der Waals surface area contributed by atoms with E-state index in [2.05, 4.69) is 15.3 Å². The maximum Gasteiger partial charge on any atom is 0.500 e. The van der Waals surface area contributed by atoms with Crippen molar-refractivity contribution in [1.82, 2.24) is 5.32 Å². The zero-order chi connectivity index (χ0) is 22.0. The van der Waals surface area contributed by atoms with Gasteiger partial charge in [0.1, 0.15) is 11.3 Å². The Hall–Kier alpha value is -2.18. The summed E-state index contributed by atoms with van der Waals surface area (Å²) in [6.07, 6.45) is 0.267. The first kappa shape index (κ1) is 24.9. The van der Waals surface area contributed by atoms with Gasteiger partial charge in [0.2, 0.25) is 0 Å². The van der Waals surface area contributed by atoms with Crippen LogP contribution >= 0.6 is 0 Å². The minimum absolute atomic E-state index is 0.0823. The normalized spacial score (nSPS) is 11.3. The van der Waals surface area contributed by atoms with Gasteiger partial charge in [0.05, 0.1) is 0 Å². The molecule has 0 fully saturated rings. The van der Waals surface area contributed by atoms with Crippen LogP contribution in [0.5, 0.6) is 0 Å². The van der Waals surface area contributed by atoms with Crippen molar-refractivity contribution in [2.24, 2.45) is 5.11 Å². The van der Waals surface area contributed by atoms with Crippen LogP contribution in [0.3, 0.4) is 0 Å². The van der Waals surface area contributed by atoms with Gasteiger partial charge >= 0.3 is 8.80 Å². The summed E-state index contributed by atoms with van der Waals surface area (Å²) in [4.78, 5) is 14.1. The van der Waals surface area contributed by atoms with E-state index in [9.17, 15) is 22.4 Å². The zero-order valence-corrected chi connectivity index (χ0v) is 17.2. The third-order valence-corrected chi connectivity index (χ3v) is 6.80. The molecule has 162 valence electrons. The minimum atomic E-state index is -2.97. The SMILES string of the molecule is CCO[Si](CCCNC(=O)c1c(F)c(F)c(N=[N+]=[N-])c(F)c1F)(OCC)OCC. The number of carbonyl (C=O) groups excluding carboxylic acids is 1. The summed E-state index contributed by atoms with van der Waals surface area (Å²) in [6.45, 7) is 6.30. The van der Waals surface area contributed by atoms with Crippen LogP contribution < -0.4 is 5.32 Å². The van der Waals surface area contributed by atoms with Crippen LogP contribution in [0, 0.1) is 23.3 Å². The van der Waals surface area contributed by atoms with E-state index in [0.29, 0.717) is 25.9 Å². The molecule has 0 atom stereocenters. The molecule has 29 heavy (non-hydrogen) atoms. The highest BCUT2D eigenvalue weighted by molar-refractivity contribution is 6.60. The van der Waals surface area contributed by atoms with Crippen LogP contribution in [0.25, 0.3) is 10.4 Å². The summed E-state index contributed by atoms with van der Waals surface area (Å²) < 4.78 is 72.4. The van der Waals surface area contributed by atoms with Crippen molar-refractivity contribution in [3.8, 4) is 0 Å². The average Bonchev–Trinajstić information content (AvgIpc) is 2.68. The van der Waals surface area contributed by atoms with Crippen molar-refractivity contribution in [2.75, 3.05) is 26.4 Å². The predicted molar refractivity (Wildman–Crippen MR) is 97.5 cm³/mol. The lowest BCUT2D eigenvalue weighted by molar-refractivity contribution is 0.0704. The molecule has 0 aliphatic heterocycles. The summed E-state index contributed by atoms with van der Waals surface area (Å²) in [5.41, 5.74) is 5.30. The molecule has 0 radical (unpaired) electrons. The lowest BCUT2D eigenvalue weighted by Gasteiger charge is -2.28. The summed E-state index contributed by atoms with van der Waals surface area (Å²) >= 11 is 0. The first-order valence-corrected chi connectivity index (χ1v) is 10.8. The maximum absolute atomic E-state index is 14.0. The van der Waals surface area contributed by atoms with E-state index < -0.39 is 49.2 Å². The molecule has 0 saturated heterocycles. The van der Waals surface area contributed by atoms with E-state index in [1.165, 1.54) is 0 Å². The van der Waals surface area contributed by atoms with E-state index in [1.807, 2.05) is 0 Å². The second-order valence-corrected chi connectivity index (χ2v) is 8.24. The number of benzene rings is 1. The van der Waals surface area contributed by atoms with Crippen LogP contribution in [0.2, 0.25) is 6.04 Å². The van der Waals surface area contributed by atoms with Gasteiger partial charge in [-0.2, -0.15) is 0 Å². The van der Waals surface area contributed by atoms with Crippen LogP contribution in [-0.4, -0.2) is 41.1 Å². The molecule has 13 heteroatoms. The fourth-order valence-electron chi connectivity index (χ4n) is 2.55. The zero-order valence-electron chi connectivity index (χ0n) is 16.2. The Morgan fingerprint density at radius 2 is 1.48 bits per heavy atom.